The molecule has 0 heterocycles. The number of methoxy groups -OCH3 is 1. The number of aliphatic hydroxyl groups is 2. The first-order valence-electron chi connectivity index (χ1n) is 6.18. The second-order valence-electron chi connectivity index (χ2n) is 4.51. The Morgan fingerprint density at radius 1 is 1.36 bits per heavy atom. The zero-order chi connectivity index (χ0) is 16.9. The number of aliphatic carboxylic acids is 1. The molecule has 120 valence electrons. The van der Waals surface area contributed by atoms with E-state index in [1.165, 1.54) is 12.1 Å². The molecular weight excluding hydrogens is 298 g/mol. The Morgan fingerprint density at radius 2 is 2.00 bits per heavy atom. The highest BCUT2D eigenvalue weighted by molar-refractivity contribution is 5.72. The normalized spacial score (nSPS) is 13.2. The van der Waals surface area contributed by atoms with Gasteiger partial charge in [-0.1, -0.05) is 12.1 Å². The molecule has 0 saturated heterocycles. The first-order chi connectivity index (χ1) is 10.3. The molecule has 3 N–H and O–H groups in total. The predicted molar refractivity (Wildman–Crippen MR) is 72.0 cm³/mol. The van der Waals surface area contributed by atoms with Crippen LogP contribution in [0.1, 0.15) is 23.7 Å². The van der Waals surface area contributed by atoms with E-state index in [9.17, 15) is 29.9 Å². The van der Waals surface area contributed by atoms with Crippen LogP contribution >= 0.6 is 0 Å². The summed E-state index contributed by atoms with van der Waals surface area (Å²) in [6, 6.07) is 3.43. The number of nitro groups is 1. The summed E-state index contributed by atoms with van der Waals surface area (Å²) < 4.78 is 4.35. The minimum Gasteiger partial charge on any atom is -0.481 e. The van der Waals surface area contributed by atoms with Crippen molar-refractivity contribution in [2.24, 2.45) is 0 Å². The van der Waals surface area contributed by atoms with Crippen molar-refractivity contribution in [1.29, 1.82) is 0 Å². The Kier molecular flexibility index (Phi) is 5.96. The van der Waals surface area contributed by atoms with E-state index in [4.69, 9.17) is 5.11 Å². The Hall–Kier alpha value is -2.52. The van der Waals surface area contributed by atoms with Crippen molar-refractivity contribution < 1.29 is 34.6 Å². The monoisotopic (exact) mass is 313 g/mol. The molecule has 0 amide bonds. The minimum atomic E-state index is -1.54. The Balaban J connectivity index is 3.05. The molecule has 2 atom stereocenters. The van der Waals surface area contributed by atoms with Crippen LogP contribution in [0.5, 0.6) is 0 Å². The smallest absolute Gasteiger partial charge is 0.308 e. The molecule has 1 rings (SSSR count). The lowest BCUT2D eigenvalue weighted by Crippen LogP contribution is -2.22. The number of ether oxygens (including phenoxy) is 1. The second-order valence-corrected chi connectivity index (χ2v) is 4.51. The number of rotatable bonds is 7. The Morgan fingerprint density at radius 3 is 2.50 bits per heavy atom. The average Bonchev–Trinajstić information content (AvgIpc) is 2.45. The van der Waals surface area contributed by atoms with Crippen LogP contribution in [-0.4, -0.2) is 45.4 Å². The van der Waals surface area contributed by atoms with E-state index in [1.807, 2.05) is 0 Å². The van der Waals surface area contributed by atoms with Crippen molar-refractivity contribution in [3.8, 4) is 0 Å². The van der Waals surface area contributed by atoms with Gasteiger partial charge in [-0.2, -0.15) is 0 Å². The number of carbonyl (C=O) groups excluding carboxylic acids is 1. The third-order valence-corrected chi connectivity index (χ3v) is 2.96. The number of carboxylic acids is 1. The maximum Gasteiger partial charge on any atom is 0.308 e. The summed E-state index contributed by atoms with van der Waals surface area (Å²) in [6.07, 6.45) is -4.08. The molecule has 0 aliphatic carbocycles. The molecule has 22 heavy (non-hydrogen) atoms. The van der Waals surface area contributed by atoms with E-state index in [2.05, 4.69) is 4.74 Å². The lowest BCUT2D eigenvalue weighted by atomic mass is 9.98. The molecule has 0 bridgehead atoms. The predicted octanol–water partition coefficient (Wildman–Crippen LogP) is 0.179. The first-order valence-corrected chi connectivity index (χ1v) is 6.18. The highest BCUT2D eigenvalue weighted by Gasteiger charge is 2.25. The summed E-state index contributed by atoms with van der Waals surface area (Å²) in [5.74, 6) is -1.98. The van der Waals surface area contributed by atoms with Gasteiger partial charge >= 0.3 is 11.9 Å². The van der Waals surface area contributed by atoms with Gasteiger partial charge in [-0.15, -0.1) is 0 Å². The third-order valence-electron chi connectivity index (χ3n) is 2.96. The van der Waals surface area contributed by atoms with Crippen molar-refractivity contribution >= 4 is 17.6 Å². The van der Waals surface area contributed by atoms with Crippen LogP contribution in [0.4, 0.5) is 5.69 Å². The quantitative estimate of drug-likeness (QED) is 0.367. The molecule has 2 unspecified atom stereocenters. The summed E-state index contributed by atoms with van der Waals surface area (Å²) >= 11 is 0. The van der Waals surface area contributed by atoms with Crippen molar-refractivity contribution in [3.05, 3.63) is 39.4 Å². The molecule has 9 heteroatoms. The number of benzene rings is 1. The molecule has 0 aliphatic heterocycles. The molecule has 0 radical (unpaired) electrons. The minimum absolute atomic E-state index is 0.00255. The highest BCUT2D eigenvalue weighted by Crippen LogP contribution is 2.27. The van der Waals surface area contributed by atoms with E-state index in [0.29, 0.717) is 0 Å². The fourth-order valence-electron chi connectivity index (χ4n) is 1.84. The van der Waals surface area contributed by atoms with E-state index < -0.39 is 47.6 Å². The molecule has 0 fully saturated rings. The molecule has 0 saturated carbocycles. The number of hydrogen-bond acceptors (Lipinski definition) is 7. The third kappa shape index (κ3) is 4.50. The molecule has 0 aliphatic rings. The number of nitro benzene ring substituents is 1. The van der Waals surface area contributed by atoms with E-state index in [0.717, 1.165) is 13.2 Å². The van der Waals surface area contributed by atoms with Crippen LogP contribution in [0, 0.1) is 10.1 Å². The Bertz CT molecular complexity index is 585. The average molecular weight is 313 g/mol. The van der Waals surface area contributed by atoms with Gasteiger partial charge in [0, 0.05) is 11.6 Å². The van der Waals surface area contributed by atoms with E-state index in [1.54, 1.807) is 0 Å². The van der Waals surface area contributed by atoms with Crippen LogP contribution in [-0.2, 0) is 20.7 Å². The Labute approximate surface area is 124 Å². The summed E-state index contributed by atoms with van der Waals surface area (Å²) in [5.41, 5.74) is -0.516. The molecule has 1 aromatic rings. The highest BCUT2D eigenvalue weighted by atomic mass is 16.6. The molecular formula is C13H15NO8. The number of hydrogen-bond donors (Lipinski definition) is 3. The van der Waals surface area contributed by atoms with Gasteiger partial charge in [-0.25, -0.2) is 0 Å². The molecule has 0 spiro atoms. The van der Waals surface area contributed by atoms with Gasteiger partial charge in [0.05, 0.1) is 31.0 Å². The summed E-state index contributed by atoms with van der Waals surface area (Å²) in [5, 5.41) is 39.3. The van der Waals surface area contributed by atoms with E-state index in [-0.39, 0.29) is 11.1 Å². The maximum atomic E-state index is 11.0. The molecule has 9 nitrogen and oxygen atoms in total. The van der Waals surface area contributed by atoms with Gasteiger partial charge in [0.25, 0.3) is 5.69 Å². The lowest BCUT2D eigenvalue weighted by Gasteiger charge is -2.17. The van der Waals surface area contributed by atoms with Crippen molar-refractivity contribution in [2.45, 2.75) is 25.0 Å². The van der Waals surface area contributed by atoms with Crippen LogP contribution < -0.4 is 0 Å². The van der Waals surface area contributed by atoms with Crippen LogP contribution in [0.2, 0.25) is 0 Å². The number of aliphatic hydroxyl groups excluding tert-OH is 2. The van der Waals surface area contributed by atoms with Crippen LogP contribution in [0.15, 0.2) is 18.2 Å². The SMILES string of the molecule is COC(=O)CC(O)C(O)c1ccc(CC(=O)O)c([N+](=O)[O-])c1. The lowest BCUT2D eigenvalue weighted by molar-refractivity contribution is -0.385. The molecule has 1 aromatic carbocycles. The van der Waals surface area contributed by atoms with Gasteiger partial charge in [-0.05, 0) is 5.56 Å². The summed E-state index contributed by atoms with van der Waals surface area (Å²) in [4.78, 5) is 31.9. The van der Waals surface area contributed by atoms with Gasteiger partial charge in [0.2, 0.25) is 0 Å². The van der Waals surface area contributed by atoms with Gasteiger partial charge < -0.3 is 20.1 Å². The van der Waals surface area contributed by atoms with Crippen molar-refractivity contribution in [3.63, 3.8) is 0 Å². The van der Waals surface area contributed by atoms with Crippen LogP contribution in [0.25, 0.3) is 0 Å². The summed E-state index contributed by atoms with van der Waals surface area (Å²) in [7, 11) is 1.12. The van der Waals surface area contributed by atoms with E-state index >= 15 is 0 Å². The topological polar surface area (TPSA) is 147 Å². The van der Waals surface area contributed by atoms with Gasteiger partial charge in [-0.3, -0.25) is 19.7 Å². The van der Waals surface area contributed by atoms with Crippen molar-refractivity contribution in [2.75, 3.05) is 7.11 Å². The van der Waals surface area contributed by atoms with Crippen molar-refractivity contribution in [1.82, 2.24) is 0 Å². The second kappa shape index (κ2) is 7.48. The number of carboxylic acid groups (broad SMARTS) is 1. The van der Waals surface area contributed by atoms with Gasteiger partial charge in [0.15, 0.2) is 0 Å². The fourth-order valence-corrected chi connectivity index (χ4v) is 1.84. The zero-order valence-corrected chi connectivity index (χ0v) is 11.6. The number of carbonyl (C=O) groups is 2. The van der Waals surface area contributed by atoms with Gasteiger partial charge in [0.1, 0.15) is 6.10 Å². The first kappa shape index (κ1) is 17.5. The standard InChI is InChI=1S/C13H15NO8/c1-22-12(18)6-10(15)13(19)8-3-2-7(5-11(16)17)9(4-8)14(20)21/h2-4,10,13,15,19H,5-6H2,1H3,(H,16,17). The zero-order valence-electron chi connectivity index (χ0n) is 11.6. The van der Waals surface area contributed by atoms with Crippen LogP contribution in [0.3, 0.4) is 0 Å². The molecule has 0 aromatic heterocycles. The maximum absolute atomic E-state index is 11.0. The fraction of sp³-hybridized carbons (Fsp3) is 0.385. The largest absolute Gasteiger partial charge is 0.481 e. The number of nitrogens with zero attached hydrogens (tertiary/aromatic N) is 1. The summed E-state index contributed by atoms with van der Waals surface area (Å²) in [6.45, 7) is 0. The number of esters is 1.